The van der Waals surface area contributed by atoms with Crippen molar-refractivity contribution in [2.75, 3.05) is 19.4 Å². The molecule has 2 aromatic carbocycles. The van der Waals surface area contributed by atoms with Gasteiger partial charge in [0.05, 0.1) is 0 Å². The number of aromatic nitrogens is 1. The fourth-order valence-corrected chi connectivity index (χ4v) is 3.84. The molecule has 0 aliphatic heterocycles. The Morgan fingerprint density at radius 3 is 2.57 bits per heavy atom. The number of nitrogens with one attached hydrogen (secondary N) is 1. The van der Waals surface area contributed by atoms with Crippen molar-refractivity contribution >= 4 is 29.1 Å². The lowest BCUT2D eigenvalue weighted by Gasteiger charge is -2.11. The van der Waals surface area contributed by atoms with Gasteiger partial charge in [0.15, 0.2) is 0 Å². The summed E-state index contributed by atoms with van der Waals surface area (Å²) in [6.07, 6.45) is 7.33. The average Bonchev–Trinajstić information content (AvgIpc) is 2.95. The number of allylic oxidation sites excluding steroid dienone is 1. The van der Waals surface area contributed by atoms with Gasteiger partial charge in [-0.05, 0) is 90.4 Å². The summed E-state index contributed by atoms with van der Waals surface area (Å²) < 4.78 is 0. The van der Waals surface area contributed by atoms with Crippen molar-refractivity contribution in [3.63, 3.8) is 0 Å². The first-order valence-electron chi connectivity index (χ1n) is 10.3. The van der Waals surface area contributed by atoms with Crippen molar-refractivity contribution in [3.8, 4) is 0 Å². The van der Waals surface area contributed by atoms with Gasteiger partial charge in [0.1, 0.15) is 5.82 Å². The number of carbonyl (C=O) groups is 1. The number of nitrogens with zero attached hydrogens (tertiary/aromatic N) is 2. The lowest BCUT2D eigenvalue weighted by Crippen LogP contribution is -2.21. The molecular formula is C26H27N3O. The number of hydrogen-bond donors (Lipinski definition) is 1. The molecule has 0 fully saturated rings. The Kier molecular flexibility index (Phi) is 5.66. The van der Waals surface area contributed by atoms with Gasteiger partial charge in [-0.3, -0.25) is 4.79 Å². The Hall–Kier alpha value is -3.40. The zero-order valence-corrected chi connectivity index (χ0v) is 17.8. The van der Waals surface area contributed by atoms with E-state index in [1.54, 1.807) is 19.0 Å². The fourth-order valence-electron chi connectivity index (χ4n) is 3.84. The summed E-state index contributed by atoms with van der Waals surface area (Å²) in [6.45, 7) is 2.09. The molecular weight excluding hydrogens is 370 g/mol. The minimum Gasteiger partial charge on any atom is -0.345 e. The van der Waals surface area contributed by atoms with Gasteiger partial charge in [-0.2, -0.15) is 0 Å². The van der Waals surface area contributed by atoms with Gasteiger partial charge in [-0.25, -0.2) is 4.98 Å². The van der Waals surface area contributed by atoms with Crippen LogP contribution in [0, 0.1) is 6.92 Å². The number of aryl methyl sites for hydroxylation is 2. The molecule has 0 atom stereocenters. The highest BCUT2D eigenvalue weighted by atomic mass is 16.2. The maximum Gasteiger partial charge on any atom is 0.253 e. The molecule has 1 aliphatic rings. The molecule has 1 amide bonds. The summed E-state index contributed by atoms with van der Waals surface area (Å²) in [5.74, 6) is 0.905. The van der Waals surface area contributed by atoms with Crippen LogP contribution in [0.1, 0.15) is 45.5 Å². The molecule has 0 radical (unpaired) electrons. The number of anilines is 2. The molecule has 0 bridgehead atoms. The molecule has 1 aromatic heterocycles. The van der Waals surface area contributed by atoms with E-state index in [0.29, 0.717) is 5.56 Å². The van der Waals surface area contributed by atoms with Crippen LogP contribution in [0.3, 0.4) is 0 Å². The predicted molar refractivity (Wildman–Crippen MR) is 124 cm³/mol. The van der Waals surface area contributed by atoms with Crippen LogP contribution >= 0.6 is 0 Å². The van der Waals surface area contributed by atoms with E-state index in [1.807, 2.05) is 24.4 Å². The molecule has 0 spiro atoms. The van der Waals surface area contributed by atoms with Gasteiger partial charge >= 0.3 is 0 Å². The summed E-state index contributed by atoms with van der Waals surface area (Å²) in [6, 6.07) is 18.4. The molecule has 0 unspecified atom stereocenters. The number of rotatable bonds is 4. The summed E-state index contributed by atoms with van der Waals surface area (Å²) in [5, 5.41) is 3.42. The van der Waals surface area contributed by atoms with Gasteiger partial charge < -0.3 is 10.2 Å². The van der Waals surface area contributed by atoms with Crippen molar-refractivity contribution in [3.05, 3.63) is 88.6 Å². The molecule has 1 N–H and O–H groups in total. The van der Waals surface area contributed by atoms with Crippen LogP contribution in [0.4, 0.5) is 11.5 Å². The molecule has 4 nitrogen and oxygen atoms in total. The third-order valence-electron chi connectivity index (χ3n) is 5.45. The summed E-state index contributed by atoms with van der Waals surface area (Å²) in [4.78, 5) is 18.4. The Balaban J connectivity index is 1.57. The maximum atomic E-state index is 12.1. The van der Waals surface area contributed by atoms with Crippen LogP contribution in [0.5, 0.6) is 0 Å². The highest BCUT2D eigenvalue weighted by molar-refractivity contribution is 5.94. The van der Waals surface area contributed by atoms with E-state index in [1.165, 1.54) is 27.8 Å². The monoisotopic (exact) mass is 397 g/mol. The molecule has 4 rings (SSSR count). The fraction of sp³-hybridized carbons (Fsp3) is 0.231. The predicted octanol–water partition coefficient (Wildman–Crippen LogP) is 5.71. The molecule has 4 heteroatoms. The van der Waals surface area contributed by atoms with E-state index >= 15 is 0 Å². The smallest absolute Gasteiger partial charge is 0.253 e. The molecule has 0 saturated heterocycles. The second-order valence-corrected chi connectivity index (χ2v) is 8.06. The number of benzene rings is 2. The number of fused-ring (bicyclic) bond motifs is 1. The van der Waals surface area contributed by atoms with Crippen molar-refractivity contribution in [2.45, 2.75) is 26.2 Å². The average molecular weight is 398 g/mol. The van der Waals surface area contributed by atoms with Crippen LogP contribution in [0.2, 0.25) is 0 Å². The lowest BCUT2D eigenvalue weighted by atomic mass is 9.99. The van der Waals surface area contributed by atoms with Crippen molar-refractivity contribution in [1.82, 2.24) is 9.88 Å². The zero-order valence-electron chi connectivity index (χ0n) is 17.8. The van der Waals surface area contributed by atoms with Crippen LogP contribution in [-0.4, -0.2) is 29.9 Å². The second kappa shape index (κ2) is 8.54. The minimum atomic E-state index is 0.0274. The van der Waals surface area contributed by atoms with Gasteiger partial charge in [-0.15, -0.1) is 0 Å². The summed E-state index contributed by atoms with van der Waals surface area (Å²) in [7, 11) is 3.55. The SMILES string of the molecule is Cc1cccc(Nc2cc3c(cn2)C=C(c2ccc(C(=O)N(C)C)cc2)CCC3)c1. The molecule has 3 aromatic rings. The number of amides is 1. The van der Waals surface area contributed by atoms with E-state index < -0.39 is 0 Å². The topological polar surface area (TPSA) is 45.2 Å². The third-order valence-corrected chi connectivity index (χ3v) is 5.45. The number of hydrogen-bond acceptors (Lipinski definition) is 3. The molecule has 152 valence electrons. The summed E-state index contributed by atoms with van der Waals surface area (Å²) >= 11 is 0. The van der Waals surface area contributed by atoms with Crippen molar-refractivity contribution < 1.29 is 4.79 Å². The lowest BCUT2D eigenvalue weighted by molar-refractivity contribution is 0.0827. The van der Waals surface area contributed by atoms with E-state index in [9.17, 15) is 4.79 Å². The standard InChI is InChI=1S/C26H27N3O/c1-18-6-4-9-24(14-18)28-25-16-22-8-5-7-21(15-23(22)17-27-25)19-10-12-20(13-11-19)26(30)29(2)3/h4,6,9-17H,5,7-8H2,1-3H3,(H,27,28). The van der Waals surface area contributed by atoms with Crippen LogP contribution < -0.4 is 5.32 Å². The van der Waals surface area contributed by atoms with Gasteiger partial charge in [0, 0.05) is 31.5 Å². The van der Waals surface area contributed by atoms with Gasteiger partial charge in [0.2, 0.25) is 0 Å². The van der Waals surface area contributed by atoms with E-state index in [-0.39, 0.29) is 5.91 Å². The van der Waals surface area contributed by atoms with Crippen LogP contribution in [0.15, 0.2) is 60.8 Å². The first-order chi connectivity index (χ1) is 14.5. The van der Waals surface area contributed by atoms with Gasteiger partial charge in [-0.1, -0.05) is 24.3 Å². The second-order valence-electron chi connectivity index (χ2n) is 8.06. The molecule has 1 aliphatic carbocycles. The van der Waals surface area contributed by atoms with Crippen molar-refractivity contribution in [2.24, 2.45) is 0 Å². The Morgan fingerprint density at radius 1 is 1.03 bits per heavy atom. The van der Waals surface area contributed by atoms with E-state index in [0.717, 1.165) is 30.8 Å². The summed E-state index contributed by atoms with van der Waals surface area (Å²) in [5.41, 5.74) is 7.94. The third kappa shape index (κ3) is 4.43. The van der Waals surface area contributed by atoms with E-state index in [2.05, 4.69) is 59.7 Å². The largest absolute Gasteiger partial charge is 0.345 e. The molecule has 0 saturated carbocycles. The quantitative estimate of drug-likeness (QED) is 0.613. The first kappa shape index (κ1) is 19.9. The highest BCUT2D eigenvalue weighted by Crippen LogP contribution is 2.31. The Morgan fingerprint density at radius 2 is 1.83 bits per heavy atom. The first-order valence-corrected chi connectivity index (χ1v) is 10.3. The van der Waals surface area contributed by atoms with E-state index in [4.69, 9.17) is 0 Å². The Bertz CT molecular complexity index is 1100. The zero-order chi connectivity index (χ0) is 21.1. The Labute approximate surface area is 178 Å². The molecule has 1 heterocycles. The highest BCUT2D eigenvalue weighted by Gasteiger charge is 2.13. The van der Waals surface area contributed by atoms with Crippen LogP contribution in [-0.2, 0) is 6.42 Å². The van der Waals surface area contributed by atoms with Gasteiger partial charge in [0.25, 0.3) is 5.91 Å². The minimum absolute atomic E-state index is 0.0274. The maximum absolute atomic E-state index is 12.1. The number of pyridine rings is 1. The molecule has 30 heavy (non-hydrogen) atoms. The van der Waals surface area contributed by atoms with Crippen molar-refractivity contribution in [1.29, 1.82) is 0 Å². The normalized spacial score (nSPS) is 13.1. The number of carbonyl (C=O) groups excluding carboxylic acids is 1. The van der Waals surface area contributed by atoms with Crippen LogP contribution in [0.25, 0.3) is 11.6 Å².